The summed E-state index contributed by atoms with van der Waals surface area (Å²) in [7, 11) is -3.88. The van der Waals surface area contributed by atoms with Crippen molar-refractivity contribution in [2.45, 2.75) is 19.2 Å². The summed E-state index contributed by atoms with van der Waals surface area (Å²) in [6.07, 6.45) is 1.95. The number of hydrogen-bond donors (Lipinski definition) is 1. The van der Waals surface area contributed by atoms with Crippen LogP contribution in [0.25, 0.3) is 16.9 Å². The third kappa shape index (κ3) is 5.05. The lowest BCUT2D eigenvalue weighted by molar-refractivity contribution is 0.486. The predicted octanol–water partition coefficient (Wildman–Crippen LogP) is 5.83. The lowest BCUT2D eigenvalue weighted by Gasteiger charge is -2.13. The number of aromatic nitrogens is 2. The molecule has 0 spiro atoms. The van der Waals surface area contributed by atoms with Gasteiger partial charge in [0.25, 0.3) is 0 Å². The summed E-state index contributed by atoms with van der Waals surface area (Å²) in [5.74, 6) is 0.794. The smallest absolute Gasteiger partial charge is 0.313 e. The number of nitrogens with one attached hydrogen (secondary N) is 1. The van der Waals surface area contributed by atoms with Gasteiger partial charge in [-0.1, -0.05) is 78.9 Å². The maximum absolute atomic E-state index is 12.9. The lowest BCUT2D eigenvalue weighted by atomic mass is 10.1. The third-order valence-electron chi connectivity index (χ3n) is 5.69. The Morgan fingerprint density at radius 2 is 1.49 bits per heavy atom. The minimum Gasteiger partial charge on any atom is -0.381 e. The standard InChI is InChI=1S/C28H25N3O3S/c1-21-11-10-18-31-27(21)30-26(28(31)29-19-22-12-4-2-5-13-22)24-16-8-9-17-25(24)34-35(32,33)20-23-14-6-3-7-15-23/h2-18,29H,19-20H2,1H3. The van der Waals surface area contributed by atoms with Crippen molar-refractivity contribution in [3.05, 3.63) is 120 Å². The van der Waals surface area contributed by atoms with Gasteiger partial charge >= 0.3 is 10.1 Å². The van der Waals surface area contributed by atoms with Gasteiger partial charge in [0.1, 0.15) is 22.9 Å². The van der Waals surface area contributed by atoms with Crippen molar-refractivity contribution in [3.8, 4) is 17.0 Å². The fourth-order valence-corrected chi connectivity index (χ4v) is 5.10. The molecular weight excluding hydrogens is 458 g/mol. The molecule has 0 atom stereocenters. The molecule has 0 amide bonds. The Balaban J connectivity index is 1.55. The van der Waals surface area contributed by atoms with Crippen molar-refractivity contribution in [2.75, 3.05) is 5.32 Å². The average Bonchev–Trinajstić information content (AvgIpc) is 3.23. The molecule has 0 saturated heterocycles. The molecule has 35 heavy (non-hydrogen) atoms. The van der Waals surface area contributed by atoms with Crippen LogP contribution < -0.4 is 9.50 Å². The highest BCUT2D eigenvalue weighted by Gasteiger charge is 2.22. The largest absolute Gasteiger partial charge is 0.381 e. The van der Waals surface area contributed by atoms with Gasteiger partial charge in [0, 0.05) is 18.3 Å². The van der Waals surface area contributed by atoms with Gasteiger partial charge in [-0.05, 0) is 41.8 Å². The molecule has 1 N–H and O–H groups in total. The maximum Gasteiger partial charge on any atom is 0.313 e. The van der Waals surface area contributed by atoms with E-state index in [1.807, 2.05) is 90.3 Å². The summed E-state index contributed by atoms with van der Waals surface area (Å²) in [6, 6.07) is 30.1. The lowest BCUT2D eigenvalue weighted by Crippen LogP contribution is -2.12. The van der Waals surface area contributed by atoms with Gasteiger partial charge in [0.15, 0.2) is 5.75 Å². The van der Waals surface area contributed by atoms with Crippen LogP contribution >= 0.6 is 0 Å². The molecule has 2 heterocycles. The second kappa shape index (κ2) is 9.64. The molecule has 0 radical (unpaired) electrons. The first-order valence-corrected chi connectivity index (χ1v) is 12.9. The minimum absolute atomic E-state index is 0.217. The van der Waals surface area contributed by atoms with Gasteiger partial charge in [-0.15, -0.1) is 0 Å². The topological polar surface area (TPSA) is 72.7 Å². The highest BCUT2D eigenvalue weighted by molar-refractivity contribution is 7.86. The van der Waals surface area contributed by atoms with Crippen LogP contribution in [0.15, 0.2) is 103 Å². The van der Waals surface area contributed by atoms with Crippen LogP contribution in [0.5, 0.6) is 5.75 Å². The van der Waals surface area contributed by atoms with E-state index in [9.17, 15) is 8.42 Å². The molecule has 0 aliphatic carbocycles. The summed E-state index contributed by atoms with van der Waals surface area (Å²) in [5, 5.41) is 3.50. The Bertz CT molecular complexity index is 1560. The molecule has 5 rings (SSSR count). The van der Waals surface area contributed by atoms with Crippen LogP contribution in [0.1, 0.15) is 16.7 Å². The highest BCUT2D eigenvalue weighted by atomic mass is 32.2. The molecule has 0 fully saturated rings. The molecular formula is C28H25N3O3S. The van der Waals surface area contributed by atoms with Crippen molar-refractivity contribution < 1.29 is 12.6 Å². The van der Waals surface area contributed by atoms with E-state index in [2.05, 4.69) is 5.32 Å². The molecule has 3 aromatic carbocycles. The fraction of sp³-hybridized carbons (Fsp3) is 0.107. The van der Waals surface area contributed by atoms with Crippen molar-refractivity contribution >= 4 is 21.6 Å². The van der Waals surface area contributed by atoms with Gasteiger partial charge in [0.05, 0.1) is 0 Å². The van der Waals surface area contributed by atoms with Gasteiger partial charge in [-0.2, -0.15) is 8.42 Å². The van der Waals surface area contributed by atoms with E-state index in [0.717, 1.165) is 22.6 Å². The van der Waals surface area contributed by atoms with Gasteiger partial charge < -0.3 is 9.50 Å². The van der Waals surface area contributed by atoms with Crippen molar-refractivity contribution in [1.82, 2.24) is 9.38 Å². The second-order valence-electron chi connectivity index (χ2n) is 8.30. The number of fused-ring (bicyclic) bond motifs is 1. The first-order chi connectivity index (χ1) is 17.0. The van der Waals surface area contributed by atoms with Crippen molar-refractivity contribution in [1.29, 1.82) is 0 Å². The summed E-state index contributed by atoms with van der Waals surface area (Å²) < 4.78 is 33.4. The molecule has 2 aromatic heterocycles. The summed E-state index contributed by atoms with van der Waals surface area (Å²) in [6.45, 7) is 2.59. The Morgan fingerprint density at radius 3 is 2.23 bits per heavy atom. The highest BCUT2D eigenvalue weighted by Crippen LogP contribution is 2.37. The van der Waals surface area contributed by atoms with E-state index >= 15 is 0 Å². The second-order valence-corrected chi connectivity index (χ2v) is 9.87. The summed E-state index contributed by atoms with van der Waals surface area (Å²) in [5.41, 5.74) is 4.81. The monoisotopic (exact) mass is 483 g/mol. The molecule has 0 aliphatic heterocycles. The Morgan fingerprint density at radius 1 is 0.829 bits per heavy atom. The van der Waals surface area contributed by atoms with E-state index in [1.165, 1.54) is 0 Å². The first-order valence-electron chi connectivity index (χ1n) is 11.3. The summed E-state index contributed by atoms with van der Waals surface area (Å²) >= 11 is 0. The van der Waals surface area contributed by atoms with Crippen molar-refractivity contribution in [3.63, 3.8) is 0 Å². The fourth-order valence-electron chi connectivity index (χ4n) is 4.02. The zero-order valence-corrected chi connectivity index (χ0v) is 20.1. The molecule has 176 valence electrons. The number of aryl methyl sites for hydroxylation is 1. The zero-order valence-electron chi connectivity index (χ0n) is 19.3. The third-order valence-corrected chi connectivity index (χ3v) is 6.81. The van der Waals surface area contributed by atoms with Crippen LogP contribution in [0.2, 0.25) is 0 Å². The number of benzene rings is 3. The maximum atomic E-state index is 12.9. The number of nitrogens with zero attached hydrogens (tertiary/aromatic N) is 2. The number of imidazole rings is 1. The predicted molar refractivity (Wildman–Crippen MR) is 139 cm³/mol. The quantitative estimate of drug-likeness (QED) is 0.281. The SMILES string of the molecule is Cc1cccn2c(NCc3ccccc3)c(-c3ccccc3OS(=O)(=O)Cc3ccccc3)nc12. The molecule has 7 heteroatoms. The van der Waals surface area contributed by atoms with E-state index in [-0.39, 0.29) is 11.5 Å². The minimum atomic E-state index is -3.88. The normalized spacial score (nSPS) is 11.5. The zero-order chi connectivity index (χ0) is 24.3. The Kier molecular flexibility index (Phi) is 6.25. The Labute approximate surface area is 205 Å². The molecule has 0 bridgehead atoms. The van der Waals surface area contributed by atoms with Crippen LogP contribution in [-0.4, -0.2) is 17.8 Å². The average molecular weight is 484 g/mol. The van der Waals surface area contributed by atoms with Crippen molar-refractivity contribution in [2.24, 2.45) is 0 Å². The van der Waals surface area contributed by atoms with Gasteiger partial charge in [-0.25, -0.2) is 4.98 Å². The van der Waals surface area contributed by atoms with E-state index in [0.29, 0.717) is 23.4 Å². The Hall–Kier alpha value is -4.10. The van der Waals surface area contributed by atoms with E-state index < -0.39 is 10.1 Å². The van der Waals surface area contributed by atoms with E-state index in [1.54, 1.807) is 24.3 Å². The first kappa shape index (κ1) is 22.7. The van der Waals surface area contributed by atoms with Gasteiger partial charge in [0.2, 0.25) is 0 Å². The number of rotatable bonds is 8. The number of anilines is 1. The van der Waals surface area contributed by atoms with Crippen LogP contribution in [0.4, 0.5) is 5.82 Å². The number of pyridine rings is 1. The molecule has 0 aliphatic rings. The van der Waals surface area contributed by atoms with E-state index in [4.69, 9.17) is 9.17 Å². The molecule has 0 saturated carbocycles. The number of hydrogen-bond acceptors (Lipinski definition) is 5. The van der Waals surface area contributed by atoms with Crippen LogP contribution in [0, 0.1) is 6.92 Å². The van der Waals surface area contributed by atoms with Crippen LogP contribution in [0.3, 0.4) is 0 Å². The molecule has 6 nitrogen and oxygen atoms in total. The molecule has 0 unspecified atom stereocenters. The van der Waals surface area contributed by atoms with Gasteiger partial charge in [-0.3, -0.25) is 4.40 Å². The summed E-state index contributed by atoms with van der Waals surface area (Å²) in [4.78, 5) is 4.90. The molecule has 5 aromatic rings. The number of para-hydroxylation sites is 1. The van der Waals surface area contributed by atoms with Crippen LogP contribution in [-0.2, 0) is 22.4 Å².